The van der Waals surface area contributed by atoms with Gasteiger partial charge in [-0.2, -0.15) is 0 Å². The van der Waals surface area contributed by atoms with Crippen molar-refractivity contribution >= 4 is 27.4 Å². The van der Waals surface area contributed by atoms with E-state index in [2.05, 4.69) is 45.1 Å². The van der Waals surface area contributed by atoms with Crippen molar-refractivity contribution in [3.8, 4) is 0 Å². The van der Waals surface area contributed by atoms with Crippen LogP contribution in [-0.4, -0.2) is 32.1 Å². The van der Waals surface area contributed by atoms with Crippen LogP contribution in [0.4, 0.5) is 5.82 Å². The predicted octanol–water partition coefficient (Wildman–Crippen LogP) is 2.31. The van der Waals surface area contributed by atoms with Crippen LogP contribution in [-0.2, 0) is 0 Å². The molecule has 0 aliphatic rings. The summed E-state index contributed by atoms with van der Waals surface area (Å²) >= 11 is 3.35. The van der Waals surface area contributed by atoms with Crippen molar-refractivity contribution in [2.45, 2.75) is 26.4 Å². The Morgan fingerprint density at radius 2 is 2.28 bits per heavy atom. The highest BCUT2D eigenvalue weighted by molar-refractivity contribution is 9.10. The molecule has 1 atom stereocenters. The Morgan fingerprint density at radius 1 is 1.50 bits per heavy atom. The molecule has 1 unspecified atom stereocenters. The zero-order valence-electron chi connectivity index (χ0n) is 10.5. The van der Waals surface area contributed by atoms with E-state index < -0.39 is 0 Å². The van der Waals surface area contributed by atoms with Gasteiger partial charge in [-0.1, -0.05) is 13.8 Å². The molecule has 0 bridgehead atoms. The summed E-state index contributed by atoms with van der Waals surface area (Å²) in [5, 5.41) is 13.0. The Kier molecular flexibility index (Phi) is 4.19. The largest absolute Gasteiger partial charge is 0.391 e. The van der Waals surface area contributed by atoms with Crippen LogP contribution < -0.4 is 5.32 Å². The molecule has 0 aliphatic carbocycles. The fraction of sp³-hybridized carbons (Fsp3) is 0.500. The maximum absolute atomic E-state index is 9.84. The van der Waals surface area contributed by atoms with Gasteiger partial charge in [-0.15, -0.1) is 0 Å². The van der Waals surface area contributed by atoms with Gasteiger partial charge in [0.25, 0.3) is 0 Å². The Morgan fingerprint density at radius 3 is 3.00 bits per heavy atom. The van der Waals surface area contributed by atoms with E-state index in [0.717, 1.165) is 16.7 Å². The molecule has 2 rings (SSSR count). The van der Waals surface area contributed by atoms with Gasteiger partial charge in [0, 0.05) is 25.1 Å². The lowest BCUT2D eigenvalue weighted by atomic mass is 10.1. The molecular formula is C12H17BrN4O. The summed E-state index contributed by atoms with van der Waals surface area (Å²) in [5.41, 5.74) is 0.759. The number of aliphatic hydroxyl groups is 1. The molecule has 0 fully saturated rings. The fourth-order valence-corrected chi connectivity index (χ4v) is 2.26. The number of hydrogen-bond donors (Lipinski definition) is 2. The molecule has 2 N–H and O–H groups in total. The molecule has 2 aromatic rings. The third-order valence-corrected chi connectivity index (χ3v) is 2.98. The second-order valence-corrected chi connectivity index (χ2v) is 5.55. The molecule has 2 heterocycles. The highest BCUT2D eigenvalue weighted by atomic mass is 79.9. The summed E-state index contributed by atoms with van der Waals surface area (Å²) in [5.74, 6) is 1.15. The highest BCUT2D eigenvalue weighted by Crippen LogP contribution is 2.17. The van der Waals surface area contributed by atoms with Gasteiger partial charge in [0.1, 0.15) is 4.60 Å². The second-order valence-electron chi connectivity index (χ2n) is 4.73. The van der Waals surface area contributed by atoms with E-state index in [1.54, 1.807) is 6.20 Å². The molecule has 0 saturated carbocycles. The monoisotopic (exact) mass is 312 g/mol. The van der Waals surface area contributed by atoms with E-state index in [1.807, 2.05) is 16.8 Å². The first-order valence-corrected chi connectivity index (χ1v) is 6.76. The van der Waals surface area contributed by atoms with E-state index in [-0.39, 0.29) is 6.10 Å². The van der Waals surface area contributed by atoms with Gasteiger partial charge in [-0.25, -0.2) is 9.97 Å². The zero-order chi connectivity index (χ0) is 13.1. The lowest BCUT2D eigenvalue weighted by molar-refractivity contribution is 0.161. The number of imidazole rings is 1. The topological polar surface area (TPSA) is 62.5 Å². The molecule has 2 aromatic heterocycles. The number of nitrogens with zero attached hydrogens (tertiary/aromatic N) is 3. The average molecular weight is 313 g/mol. The van der Waals surface area contributed by atoms with Crippen molar-refractivity contribution in [2.75, 3.05) is 11.9 Å². The van der Waals surface area contributed by atoms with E-state index in [1.165, 1.54) is 0 Å². The van der Waals surface area contributed by atoms with Crippen molar-refractivity contribution < 1.29 is 5.11 Å². The minimum absolute atomic E-state index is 0.374. The van der Waals surface area contributed by atoms with Crippen LogP contribution in [0, 0.1) is 5.92 Å². The van der Waals surface area contributed by atoms with Gasteiger partial charge < -0.3 is 14.8 Å². The summed E-state index contributed by atoms with van der Waals surface area (Å²) in [6, 6.07) is 0. The average Bonchev–Trinajstić information content (AvgIpc) is 2.72. The van der Waals surface area contributed by atoms with E-state index >= 15 is 0 Å². The van der Waals surface area contributed by atoms with Gasteiger partial charge >= 0.3 is 0 Å². The number of fused-ring (bicyclic) bond motifs is 1. The summed E-state index contributed by atoms with van der Waals surface area (Å²) in [4.78, 5) is 8.57. The molecule has 0 radical (unpaired) electrons. The van der Waals surface area contributed by atoms with Crippen LogP contribution in [0.1, 0.15) is 20.3 Å². The first-order valence-electron chi connectivity index (χ1n) is 5.97. The van der Waals surface area contributed by atoms with E-state index in [0.29, 0.717) is 18.3 Å². The number of rotatable bonds is 5. The van der Waals surface area contributed by atoms with E-state index in [9.17, 15) is 5.11 Å². The number of aliphatic hydroxyl groups excluding tert-OH is 1. The van der Waals surface area contributed by atoms with Crippen LogP contribution in [0.25, 0.3) is 5.65 Å². The molecule has 0 aliphatic heterocycles. The van der Waals surface area contributed by atoms with Crippen molar-refractivity contribution in [3.63, 3.8) is 0 Å². The minimum Gasteiger partial charge on any atom is -0.391 e. The van der Waals surface area contributed by atoms with Gasteiger partial charge in [-0.05, 0) is 28.3 Å². The van der Waals surface area contributed by atoms with Gasteiger partial charge in [-0.3, -0.25) is 0 Å². The molecule has 0 amide bonds. The number of aromatic nitrogens is 3. The molecule has 0 spiro atoms. The quantitative estimate of drug-likeness (QED) is 0.889. The Balaban J connectivity index is 2.09. The Bertz CT molecular complexity index is 526. The summed E-state index contributed by atoms with van der Waals surface area (Å²) < 4.78 is 2.61. The third-order valence-electron chi connectivity index (χ3n) is 2.59. The standard InChI is InChI=1S/C12H17BrN4O/c1-8(2)5-9(18)6-15-11-12-14-3-4-17(12)7-10(13)16-11/h3-4,7-9,18H,5-6H2,1-2H3,(H,15,16). The lowest BCUT2D eigenvalue weighted by Crippen LogP contribution is -2.22. The lowest BCUT2D eigenvalue weighted by Gasteiger charge is -2.14. The van der Waals surface area contributed by atoms with E-state index in [4.69, 9.17) is 0 Å². The summed E-state index contributed by atoms with van der Waals surface area (Å²) in [6.07, 6.45) is 5.82. The number of halogens is 1. The van der Waals surface area contributed by atoms with Crippen LogP contribution in [0.3, 0.4) is 0 Å². The Hall–Kier alpha value is -1.14. The zero-order valence-corrected chi connectivity index (χ0v) is 12.1. The smallest absolute Gasteiger partial charge is 0.180 e. The van der Waals surface area contributed by atoms with Gasteiger partial charge in [0.15, 0.2) is 11.5 Å². The minimum atomic E-state index is -0.374. The molecule has 5 nitrogen and oxygen atoms in total. The number of nitrogens with one attached hydrogen (secondary N) is 1. The van der Waals surface area contributed by atoms with Crippen molar-refractivity contribution in [2.24, 2.45) is 5.92 Å². The number of anilines is 1. The maximum atomic E-state index is 9.84. The molecule has 6 heteroatoms. The third kappa shape index (κ3) is 3.20. The summed E-state index contributed by atoms with van der Waals surface area (Å²) in [6.45, 7) is 4.66. The maximum Gasteiger partial charge on any atom is 0.180 e. The van der Waals surface area contributed by atoms with Crippen LogP contribution in [0.15, 0.2) is 23.2 Å². The summed E-state index contributed by atoms with van der Waals surface area (Å²) in [7, 11) is 0. The van der Waals surface area contributed by atoms with Crippen molar-refractivity contribution in [3.05, 3.63) is 23.2 Å². The SMILES string of the molecule is CC(C)CC(O)CNc1nc(Br)cn2ccnc12. The predicted molar refractivity (Wildman–Crippen MR) is 74.6 cm³/mol. The molecule has 98 valence electrons. The first-order chi connectivity index (χ1) is 8.56. The molecule has 18 heavy (non-hydrogen) atoms. The van der Waals surface area contributed by atoms with Crippen LogP contribution in [0.5, 0.6) is 0 Å². The normalized spacial score (nSPS) is 13.2. The molecule has 0 aromatic carbocycles. The fourth-order valence-electron chi connectivity index (χ4n) is 1.86. The molecule has 0 saturated heterocycles. The van der Waals surface area contributed by atoms with Crippen molar-refractivity contribution in [1.82, 2.24) is 14.4 Å². The van der Waals surface area contributed by atoms with Gasteiger partial charge in [0.05, 0.1) is 6.10 Å². The van der Waals surface area contributed by atoms with Gasteiger partial charge in [0.2, 0.25) is 0 Å². The van der Waals surface area contributed by atoms with Crippen molar-refractivity contribution in [1.29, 1.82) is 0 Å². The molecular weight excluding hydrogens is 296 g/mol. The highest BCUT2D eigenvalue weighted by Gasteiger charge is 2.10. The van der Waals surface area contributed by atoms with Crippen LogP contribution >= 0.6 is 15.9 Å². The Labute approximate surface area is 114 Å². The number of hydrogen-bond acceptors (Lipinski definition) is 4. The second kappa shape index (κ2) is 5.67. The van der Waals surface area contributed by atoms with Crippen LogP contribution in [0.2, 0.25) is 0 Å². The first kappa shape index (κ1) is 13.3.